The second-order valence-corrected chi connectivity index (χ2v) is 4.66. The molecule has 2 rings (SSSR count). The van der Waals surface area contributed by atoms with Gasteiger partial charge in [0.1, 0.15) is 5.69 Å². The first-order valence-corrected chi connectivity index (χ1v) is 6.35. The van der Waals surface area contributed by atoms with Crippen LogP contribution in [0.5, 0.6) is 0 Å². The number of hydrogen-bond acceptors (Lipinski definition) is 2. The molecule has 2 N–H and O–H groups in total. The first-order chi connectivity index (χ1) is 8.22. The Labute approximate surface area is 102 Å². The first-order valence-electron chi connectivity index (χ1n) is 6.35. The van der Waals surface area contributed by atoms with Gasteiger partial charge in [-0.05, 0) is 37.8 Å². The molecule has 1 amide bonds. The SMILES string of the molecule is CCC(O)CNC(=O)c1cccn1C1CCC1. The van der Waals surface area contributed by atoms with Crippen molar-refractivity contribution < 1.29 is 9.90 Å². The third kappa shape index (κ3) is 2.69. The standard InChI is InChI=1S/C13H20N2O2/c1-2-11(16)9-14-13(17)12-7-4-8-15(12)10-5-3-6-10/h4,7-8,10-11,16H,2-3,5-6,9H2,1H3,(H,14,17). The van der Waals surface area contributed by atoms with Crippen LogP contribution in [0, 0.1) is 0 Å². The number of carbonyl (C=O) groups excluding carboxylic acids is 1. The molecule has 1 aliphatic rings. The molecule has 1 saturated carbocycles. The van der Waals surface area contributed by atoms with E-state index in [2.05, 4.69) is 9.88 Å². The van der Waals surface area contributed by atoms with Crippen molar-refractivity contribution in [1.29, 1.82) is 0 Å². The predicted molar refractivity (Wildman–Crippen MR) is 66.0 cm³/mol. The maximum atomic E-state index is 11.9. The molecule has 1 heterocycles. The number of nitrogens with zero attached hydrogens (tertiary/aromatic N) is 1. The lowest BCUT2D eigenvalue weighted by molar-refractivity contribution is 0.0899. The molecule has 4 nitrogen and oxygen atoms in total. The van der Waals surface area contributed by atoms with Gasteiger partial charge in [0, 0.05) is 18.8 Å². The summed E-state index contributed by atoms with van der Waals surface area (Å²) in [7, 11) is 0. The summed E-state index contributed by atoms with van der Waals surface area (Å²) in [6.07, 6.45) is 5.74. The van der Waals surface area contributed by atoms with Crippen LogP contribution in [-0.2, 0) is 0 Å². The van der Waals surface area contributed by atoms with Gasteiger partial charge in [-0.1, -0.05) is 6.92 Å². The van der Waals surface area contributed by atoms with Crippen molar-refractivity contribution in [1.82, 2.24) is 9.88 Å². The monoisotopic (exact) mass is 236 g/mol. The molecule has 0 bridgehead atoms. The fourth-order valence-electron chi connectivity index (χ4n) is 2.01. The van der Waals surface area contributed by atoms with E-state index < -0.39 is 6.10 Å². The lowest BCUT2D eigenvalue weighted by Gasteiger charge is -2.28. The van der Waals surface area contributed by atoms with Crippen molar-refractivity contribution in [3.05, 3.63) is 24.0 Å². The number of hydrogen-bond donors (Lipinski definition) is 2. The molecule has 1 atom stereocenters. The van der Waals surface area contributed by atoms with Gasteiger partial charge in [0.15, 0.2) is 0 Å². The summed E-state index contributed by atoms with van der Waals surface area (Å²) in [5.74, 6) is -0.0885. The third-order valence-electron chi connectivity index (χ3n) is 3.45. The van der Waals surface area contributed by atoms with Crippen LogP contribution in [0.1, 0.15) is 49.1 Å². The van der Waals surface area contributed by atoms with Crippen LogP contribution >= 0.6 is 0 Å². The Bertz CT molecular complexity index is 383. The van der Waals surface area contributed by atoms with Gasteiger partial charge in [0.25, 0.3) is 5.91 Å². The molecule has 0 saturated heterocycles. The molecule has 1 unspecified atom stereocenters. The van der Waals surface area contributed by atoms with Gasteiger partial charge in [-0.25, -0.2) is 0 Å². The number of nitrogens with one attached hydrogen (secondary N) is 1. The van der Waals surface area contributed by atoms with Crippen LogP contribution in [0.15, 0.2) is 18.3 Å². The minimum atomic E-state index is -0.453. The van der Waals surface area contributed by atoms with E-state index in [0.717, 1.165) is 12.8 Å². The van der Waals surface area contributed by atoms with Crippen molar-refractivity contribution >= 4 is 5.91 Å². The highest BCUT2D eigenvalue weighted by molar-refractivity contribution is 5.92. The Balaban J connectivity index is 1.96. The van der Waals surface area contributed by atoms with Crippen LogP contribution in [0.3, 0.4) is 0 Å². The molecule has 1 aromatic heterocycles. The van der Waals surface area contributed by atoms with Crippen LogP contribution < -0.4 is 5.32 Å². The summed E-state index contributed by atoms with van der Waals surface area (Å²) in [5, 5.41) is 12.2. The minimum absolute atomic E-state index is 0.0885. The molecule has 1 aromatic rings. The summed E-state index contributed by atoms with van der Waals surface area (Å²) < 4.78 is 2.05. The van der Waals surface area contributed by atoms with Crippen LogP contribution in [0.4, 0.5) is 0 Å². The van der Waals surface area contributed by atoms with E-state index in [0.29, 0.717) is 24.7 Å². The topological polar surface area (TPSA) is 54.3 Å². The smallest absolute Gasteiger partial charge is 0.268 e. The van der Waals surface area contributed by atoms with Gasteiger partial charge in [-0.15, -0.1) is 0 Å². The highest BCUT2D eigenvalue weighted by atomic mass is 16.3. The quantitative estimate of drug-likeness (QED) is 0.817. The zero-order valence-corrected chi connectivity index (χ0v) is 10.2. The molecule has 94 valence electrons. The van der Waals surface area contributed by atoms with Gasteiger partial charge in [0.05, 0.1) is 6.10 Å². The van der Waals surface area contributed by atoms with Crippen molar-refractivity contribution in [3.8, 4) is 0 Å². The zero-order chi connectivity index (χ0) is 12.3. The highest BCUT2D eigenvalue weighted by Gasteiger charge is 2.23. The Morgan fingerprint density at radius 2 is 2.41 bits per heavy atom. The van der Waals surface area contributed by atoms with Crippen molar-refractivity contribution in [2.24, 2.45) is 0 Å². The summed E-state index contributed by atoms with van der Waals surface area (Å²) in [4.78, 5) is 11.9. The molecule has 17 heavy (non-hydrogen) atoms. The average Bonchev–Trinajstić information content (AvgIpc) is 2.72. The number of carbonyl (C=O) groups is 1. The largest absolute Gasteiger partial charge is 0.391 e. The number of aliphatic hydroxyl groups is 1. The van der Waals surface area contributed by atoms with E-state index in [4.69, 9.17) is 0 Å². The fourth-order valence-corrected chi connectivity index (χ4v) is 2.01. The molecule has 0 spiro atoms. The molecular formula is C13H20N2O2. The Kier molecular flexibility index (Phi) is 3.84. The number of aliphatic hydroxyl groups excluding tert-OH is 1. The normalized spacial score (nSPS) is 17.5. The van der Waals surface area contributed by atoms with E-state index in [1.807, 2.05) is 25.3 Å². The van der Waals surface area contributed by atoms with E-state index in [1.165, 1.54) is 6.42 Å². The van der Waals surface area contributed by atoms with Crippen molar-refractivity contribution in [2.75, 3.05) is 6.54 Å². The second-order valence-electron chi connectivity index (χ2n) is 4.66. The molecule has 4 heteroatoms. The third-order valence-corrected chi connectivity index (χ3v) is 3.45. The molecule has 1 aliphatic carbocycles. The number of amides is 1. The zero-order valence-electron chi connectivity index (χ0n) is 10.2. The van der Waals surface area contributed by atoms with E-state index in [-0.39, 0.29) is 5.91 Å². The number of rotatable bonds is 5. The van der Waals surface area contributed by atoms with Crippen LogP contribution in [-0.4, -0.2) is 28.2 Å². The molecule has 1 fully saturated rings. The van der Waals surface area contributed by atoms with Crippen molar-refractivity contribution in [3.63, 3.8) is 0 Å². The molecular weight excluding hydrogens is 216 g/mol. The second kappa shape index (κ2) is 5.36. The summed E-state index contributed by atoms with van der Waals surface area (Å²) in [5.41, 5.74) is 0.706. The Morgan fingerprint density at radius 1 is 1.65 bits per heavy atom. The summed E-state index contributed by atoms with van der Waals surface area (Å²) >= 11 is 0. The van der Waals surface area contributed by atoms with Gasteiger partial charge < -0.3 is 15.0 Å². The van der Waals surface area contributed by atoms with Crippen LogP contribution in [0.2, 0.25) is 0 Å². The maximum absolute atomic E-state index is 11.9. The van der Waals surface area contributed by atoms with Gasteiger partial charge >= 0.3 is 0 Å². The first kappa shape index (κ1) is 12.2. The molecule has 0 aromatic carbocycles. The average molecular weight is 236 g/mol. The van der Waals surface area contributed by atoms with Crippen molar-refractivity contribution in [2.45, 2.75) is 44.8 Å². The summed E-state index contributed by atoms with van der Waals surface area (Å²) in [6.45, 7) is 2.22. The molecule has 0 aliphatic heterocycles. The highest BCUT2D eigenvalue weighted by Crippen LogP contribution is 2.32. The van der Waals surface area contributed by atoms with E-state index in [1.54, 1.807) is 0 Å². The maximum Gasteiger partial charge on any atom is 0.268 e. The Morgan fingerprint density at radius 3 is 3.00 bits per heavy atom. The van der Waals surface area contributed by atoms with Gasteiger partial charge in [-0.2, -0.15) is 0 Å². The number of aromatic nitrogens is 1. The lowest BCUT2D eigenvalue weighted by atomic mass is 9.93. The predicted octanol–water partition coefficient (Wildman–Crippen LogP) is 1.71. The van der Waals surface area contributed by atoms with Crippen LogP contribution in [0.25, 0.3) is 0 Å². The van der Waals surface area contributed by atoms with E-state index >= 15 is 0 Å². The lowest BCUT2D eigenvalue weighted by Crippen LogP contribution is -2.34. The van der Waals surface area contributed by atoms with Gasteiger partial charge in [-0.3, -0.25) is 4.79 Å². The minimum Gasteiger partial charge on any atom is -0.391 e. The molecule has 0 radical (unpaired) electrons. The fraction of sp³-hybridized carbons (Fsp3) is 0.615. The van der Waals surface area contributed by atoms with E-state index in [9.17, 15) is 9.90 Å². The summed E-state index contributed by atoms with van der Waals surface area (Å²) in [6, 6.07) is 4.23. The Hall–Kier alpha value is -1.29. The van der Waals surface area contributed by atoms with Gasteiger partial charge in [0.2, 0.25) is 0 Å².